The standard InChI is InChI=1S/C41H21N/c42-22-23-14-16-25(17-15-23)33-21-35-27-11-5-4-10-26(27)34-20-32(24-8-2-1-3-9-24)31-19-18-30-28-12-6-7-13-29(28)36(33)41-38(30)37(31)39(34)40(35)41/h1-21H. The molecule has 0 aromatic heterocycles. The molecule has 0 saturated carbocycles. The Hall–Kier alpha value is -5.71. The third kappa shape index (κ3) is 2.58. The minimum atomic E-state index is 0.679. The van der Waals surface area contributed by atoms with E-state index in [1.807, 2.05) is 12.1 Å². The topological polar surface area (TPSA) is 23.8 Å². The van der Waals surface area contributed by atoms with Crippen molar-refractivity contribution >= 4 is 75.4 Å². The summed E-state index contributed by atoms with van der Waals surface area (Å²) < 4.78 is 0. The zero-order valence-electron chi connectivity index (χ0n) is 22.6. The lowest BCUT2D eigenvalue weighted by Crippen LogP contribution is -1.88. The normalized spacial score (nSPS) is 12.3. The Morgan fingerprint density at radius 1 is 0.333 bits per heavy atom. The molecule has 0 aliphatic heterocycles. The van der Waals surface area contributed by atoms with Gasteiger partial charge in [0, 0.05) is 0 Å². The third-order valence-electron chi connectivity index (χ3n) is 9.53. The smallest absolute Gasteiger partial charge is 0.0991 e. The van der Waals surface area contributed by atoms with E-state index in [1.54, 1.807) is 0 Å². The molecule has 10 aromatic carbocycles. The fraction of sp³-hybridized carbons (Fsp3) is 0. The molecule has 1 heteroatoms. The minimum Gasteiger partial charge on any atom is -0.192 e. The lowest BCUT2D eigenvalue weighted by Gasteiger charge is -2.16. The summed E-state index contributed by atoms with van der Waals surface area (Å²) in [4.78, 5) is 0. The molecule has 0 radical (unpaired) electrons. The number of nitriles is 1. The van der Waals surface area contributed by atoms with Gasteiger partial charge in [0.15, 0.2) is 0 Å². The molecule has 0 saturated heterocycles. The lowest BCUT2D eigenvalue weighted by molar-refractivity contribution is 1.48. The van der Waals surface area contributed by atoms with Crippen molar-refractivity contribution in [1.82, 2.24) is 0 Å². The summed E-state index contributed by atoms with van der Waals surface area (Å²) in [5, 5.41) is 28.0. The predicted octanol–water partition coefficient (Wildman–Crippen LogP) is 11.3. The van der Waals surface area contributed by atoms with E-state index < -0.39 is 0 Å². The molecule has 0 bridgehead atoms. The first-order chi connectivity index (χ1) is 20.8. The van der Waals surface area contributed by atoms with E-state index in [1.165, 1.54) is 92.1 Å². The van der Waals surface area contributed by atoms with Gasteiger partial charge in [0.05, 0.1) is 11.6 Å². The molecular formula is C41H21N. The maximum Gasteiger partial charge on any atom is 0.0991 e. The van der Waals surface area contributed by atoms with Gasteiger partial charge in [-0.3, -0.25) is 0 Å². The SMILES string of the molecule is N#Cc1ccc(-c2cc3c4ccccc4c4cc(-c5ccccc5)c5ccc6c7ccccc7c2c2c6c5c4c32)cc1. The van der Waals surface area contributed by atoms with Crippen molar-refractivity contribution in [2.24, 2.45) is 0 Å². The Morgan fingerprint density at radius 2 is 0.810 bits per heavy atom. The van der Waals surface area contributed by atoms with Crippen LogP contribution in [0.3, 0.4) is 0 Å². The molecule has 0 spiro atoms. The summed E-state index contributed by atoms with van der Waals surface area (Å²) in [5.74, 6) is 0. The summed E-state index contributed by atoms with van der Waals surface area (Å²) in [6.07, 6.45) is 0. The average molecular weight is 528 g/mol. The minimum absolute atomic E-state index is 0.679. The number of fused-ring (bicyclic) bond motifs is 6. The van der Waals surface area contributed by atoms with Crippen molar-refractivity contribution in [3.63, 3.8) is 0 Å². The Kier molecular flexibility index (Phi) is 4.05. The molecule has 0 heterocycles. The van der Waals surface area contributed by atoms with Crippen molar-refractivity contribution in [2.45, 2.75) is 0 Å². The van der Waals surface area contributed by atoms with E-state index in [2.05, 4.69) is 121 Å². The van der Waals surface area contributed by atoms with Gasteiger partial charge in [0.2, 0.25) is 0 Å². The van der Waals surface area contributed by atoms with Gasteiger partial charge < -0.3 is 0 Å². The fourth-order valence-electron chi connectivity index (χ4n) is 7.85. The van der Waals surface area contributed by atoms with Crippen molar-refractivity contribution < 1.29 is 0 Å². The van der Waals surface area contributed by atoms with Gasteiger partial charge in [0.25, 0.3) is 0 Å². The summed E-state index contributed by atoms with van der Waals surface area (Å²) >= 11 is 0. The first-order valence-electron chi connectivity index (χ1n) is 14.4. The van der Waals surface area contributed by atoms with Crippen LogP contribution in [0.5, 0.6) is 0 Å². The number of nitrogens with zero attached hydrogens (tertiary/aromatic N) is 1. The molecule has 0 N–H and O–H groups in total. The number of hydrogen-bond acceptors (Lipinski definition) is 1. The van der Waals surface area contributed by atoms with Crippen LogP contribution in [0.1, 0.15) is 5.56 Å². The number of rotatable bonds is 2. The van der Waals surface area contributed by atoms with E-state index in [9.17, 15) is 5.26 Å². The third-order valence-corrected chi connectivity index (χ3v) is 9.53. The van der Waals surface area contributed by atoms with Gasteiger partial charge >= 0.3 is 0 Å². The molecule has 0 atom stereocenters. The Labute approximate surface area is 241 Å². The summed E-state index contributed by atoms with van der Waals surface area (Å²) in [6.45, 7) is 0. The van der Waals surface area contributed by atoms with Crippen LogP contribution in [0.15, 0.2) is 127 Å². The Morgan fingerprint density at radius 3 is 1.50 bits per heavy atom. The van der Waals surface area contributed by atoms with E-state index >= 15 is 0 Å². The van der Waals surface area contributed by atoms with Crippen molar-refractivity contribution in [3.05, 3.63) is 133 Å². The van der Waals surface area contributed by atoms with Crippen LogP contribution >= 0.6 is 0 Å². The van der Waals surface area contributed by atoms with Crippen LogP contribution in [0.25, 0.3) is 97.7 Å². The highest BCUT2D eigenvalue weighted by Gasteiger charge is 2.27. The van der Waals surface area contributed by atoms with E-state index in [0.29, 0.717) is 5.56 Å². The maximum atomic E-state index is 9.50. The molecule has 42 heavy (non-hydrogen) atoms. The first-order valence-corrected chi connectivity index (χ1v) is 14.4. The largest absolute Gasteiger partial charge is 0.192 e. The van der Waals surface area contributed by atoms with Gasteiger partial charge in [-0.1, -0.05) is 103 Å². The van der Waals surface area contributed by atoms with Gasteiger partial charge in [0.1, 0.15) is 0 Å². The predicted molar refractivity (Wildman–Crippen MR) is 178 cm³/mol. The number of benzene rings is 9. The van der Waals surface area contributed by atoms with Crippen LogP contribution in [0.4, 0.5) is 0 Å². The van der Waals surface area contributed by atoms with Crippen molar-refractivity contribution in [3.8, 4) is 28.3 Å². The maximum absolute atomic E-state index is 9.50. The number of hydrogen-bond donors (Lipinski definition) is 0. The molecular weight excluding hydrogens is 506 g/mol. The van der Waals surface area contributed by atoms with Crippen LogP contribution in [0.2, 0.25) is 0 Å². The summed E-state index contributed by atoms with van der Waals surface area (Å²) in [7, 11) is 0. The Bertz CT molecular complexity index is 2710. The van der Waals surface area contributed by atoms with Crippen LogP contribution in [-0.2, 0) is 0 Å². The van der Waals surface area contributed by atoms with Gasteiger partial charge in [-0.2, -0.15) is 5.26 Å². The van der Waals surface area contributed by atoms with E-state index in [4.69, 9.17) is 0 Å². The first kappa shape index (κ1) is 22.0. The van der Waals surface area contributed by atoms with Gasteiger partial charge in [-0.15, -0.1) is 0 Å². The van der Waals surface area contributed by atoms with E-state index in [0.717, 1.165) is 5.56 Å². The molecule has 0 aliphatic carbocycles. The quantitative estimate of drug-likeness (QED) is 0.205. The highest BCUT2D eigenvalue weighted by Crippen LogP contribution is 2.56. The lowest BCUT2D eigenvalue weighted by atomic mass is 9.86. The average Bonchev–Trinajstić information content (AvgIpc) is 3.42. The van der Waals surface area contributed by atoms with Crippen LogP contribution < -0.4 is 0 Å². The van der Waals surface area contributed by atoms with Crippen molar-refractivity contribution in [2.75, 3.05) is 0 Å². The molecule has 1 nitrogen and oxygen atoms in total. The molecule has 10 aromatic rings. The summed E-state index contributed by atoms with van der Waals surface area (Å²) in [5.41, 5.74) is 5.56. The molecule has 190 valence electrons. The second-order valence-corrected chi connectivity index (χ2v) is 11.5. The van der Waals surface area contributed by atoms with Crippen LogP contribution in [0, 0.1) is 11.3 Å². The zero-order chi connectivity index (χ0) is 27.5. The molecule has 10 rings (SSSR count). The highest BCUT2D eigenvalue weighted by atomic mass is 14.3. The second-order valence-electron chi connectivity index (χ2n) is 11.5. The summed E-state index contributed by atoms with van der Waals surface area (Å²) in [6, 6.07) is 48.6. The second kappa shape index (κ2) is 7.72. The fourth-order valence-corrected chi connectivity index (χ4v) is 7.85. The Balaban J connectivity index is 1.56. The van der Waals surface area contributed by atoms with Gasteiger partial charge in [-0.05, 0) is 122 Å². The monoisotopic (exact) mass is 527 g/mol. The molecule has 0 aliphatic rings. The van der Waals surface area contributed by atoms with Gasteiger partial charge in [-0.25, -0.2) is 0 Å². The molecule has 0 fully saturated rings. The van der Waals surface area contributed by atoms with Crippen molar-refractivity contribution in [1.29, 1.82) is 5.26 Å². The molecule has 0 unspecified atom stereocenters. The zero-order valence-corrected chi connectivity index (χ0v) is 22.6. The molecule has 0 amide bonds. The van der Waals surface area contributed by atoms with Crippen LogP contribution in [-0.4, -0.2) is 0 Å². The highest BCUT2D eigenvalue weighted by molar-refractivity contribution is 6.53. The van der Waals surface area contributed by atoms with E-state index in [-0.39, 0.29) is 0 Å².